The van der Waals surface area contributed by atoms with Crippen LogP contribution in [0.15, 0.2) is 6.07 Å². The van der Waals surface area contributed by atoms with E-state index >= 15 is 0 Å². The van der Waals surface area contributed by atoms with Crippen LogP contribution in [0.4, 0.5) is 0 Å². The number of hydrogen-bond donors (Lipinski definition) is 1. The van der Waals surface area contributed by atoms with Crippen LogP contribution in [0.2, 0.25) is 0 Å². The summed E-state index contributed by atoms with van der Waals surface area (Å²) in [6.45, 7) is 8.72. The maximum Gasteiger partial charge on any atom is 0.0440 e. The van der Waals surface area contributed by atoms with Crippen molar-refractivity contribution in [2.75, 3.05) is 6.61 Å². The van der Waals surface area contributed by atoms with E-state index in [9.17, 15) is 0 Å². The van der Waals surface area contributed by atoms with Crippen molar-refractivity contribution in [3.05, 3.63) is 33.9 Å². The summed E-state index contributed by atoms with van der Waals surface area (Å²) in [7, 11) is 0. The Morgan fingerprint density at radius 2 is 1.62 bits per heavy atom. The van der Waals surface area contributed by atoms with Gasteiger partial charge in [-0.05, 0) is 56.4 Å². The molecule has 0 spiro atoms. The molecule has 1 nitrogen and oxygen atoms in total. The first-order chi connectivity index (χ1) is 7.57. The van der Waals surface area contributed by atoms with Crippen molar-refractivity contribution in [1.29, 1.82) is 0 Å². The molecule has 0 bridgehead atoms. The molecule has 0 saturated heterocycles. The summed E-state index contributed by atoms with van der Waals surface area (Å²) < 4.78 is 0. The lowest BCUT2D eigenvalue weighted by Gasteiger charge is -2.10. The van der Waals surface area contributed by atoms with Gasteiger partial charge in [-0.1, -0.05) is 17.9 Å². The molecule has 1 aromatic carbocycles. The molecule has 86 valence electrons. The molecule has 0 aliphatic rings. The molecule has 0 heterocycles. The molecule has 0 aromatic heterocycles. The smallest absolute Gasteiger partial charge is 0.0440 e. The fourth-order valence-electron chi connectivity index (χ4n) is 1.72. The van der Waals surface area contributed by atoms with Crippen molar-refractivity contribution in [3.8, 4) is 11.8 Å². The minimum atomic E-state index is 0.222. The zero-order valence-corrected chi connectivity index (χ0v) is 10.6. The summed E-state index contributed by atoms with van der Waals surface area (Å²) in [6.07, 6.45) is 1.53. The average molecular weight is 216 g/mol. The van der Waals surface area contributed by atoms with Gasteiger partial charge >= 0.3 is 0 Å². The fraction of sp³-hybridized carbons (Fsp3) is 0.467. The molecule has 16 heavy (non-hydrogen) atoms. The first-order valence-corrected chi connectivity index (χ1v) is 5.75. The van der Waals surface area contributed by atoms with Gasteiger partial charge in [-0.2, -0.15) is 0 Å². The second kappa shape index (κ2) is 5.72. The Balaban J connectivity index is 3.06. The van der Waals surface area contributed by atoms with E-state index in [1.54, 1.807) is 0 Å². The van der Waals surface area contributed by atoms with Crippen LogP contribution in [0.25, 0.3) is 0 Å². The Morgan fingerprint density at radius 3 is 2.12 bits per heavy atom. The minimum Gasteiger partial charge on any atom is -0.396 e. The monoisotopic (exact) mass is 216 g/mol. The van der Waals surface area contributed by atoms with Crippen molar-refractivity contribution in [2.45, 2.75) is 40.5 Å². The largest absolute Gasteiger partial charge is 0.396 e. The second-order valence-corrected chi connectivity index (χ2v) is 4.26. The van der Waals surface area contributed by atoms with Gasteiger partial charge in [0.2, 0.25) is 0 Å². The molecular weight excluding hydrogens is 196 g/mol. The van der Waals surface area contributed by atoms with Gasteiger partial charge in [0.1, 0.15) is 0 Å². The highest BCUT2D eigenvalue weighted by Gasteiger charge is 2.05. The van der Waals surface area contributed by atoms with Crippen molar-refractivity contribution in [2.24, 2.45) is 0 Å². The quantitative estimate of drug-likeness (QED) is 0.595. The van der Waals surface area contributed by atoms with E-state index in [1.165, 1.54) is 22.3 Å². The van der Waals surface area contributed by atoms with Crippen LogP contribution in [0.1, 0.15) is 40.7 Å². The van der Waals surface area contributed by atoms with Gasteiger partial charge in [-0.15, -0.1) is 0 Å². The van der Waals surface area contributed by atoms with E-state index in [1.807, 2.05) is 0 Å². The van der Waals surface area contributed by atoms with Gasteiger partial charge in [-0.25, -0.2) is 0 Å². The number of unbranched alkanes of at least 4 members (excludes halogenated alkanes) is 1. The van der Waals surface area contributed by atoms with E-state index in [2.05, 4.69) is 45.6 Å². The molecule has 0 fully saturated rings. The van der Waals surface area contributed by atoms with Crippen LogP contribution < -0.4 is 0 Å². The SMILES string of the molecule is Cc1cc(C)c(C)c(C#CCCCO)c1C. The second-order valence-electron chi connectivity index (χ2n) is 4.26. The summed E-state index contributed by atoms with van der Waals surface area (Å²) in [4.78, 5) is 0. The Morgan fingerprint density at radius 1 is 1.06 bits per heavy atom. The summed E-state index contributed by atoms with van der Waals surface area (Å²) in [5.41, 5.74) is 6.32. The van der Waals surface area contributed by atoms with E-state index in [-0.39, 0.29) is 6.61 Å². The normalized spacial score (nSPS) is 9.81. The molecule has 1 N–H and O–H groups in total. The van der Waals surface area contributed by atoms with Crippen molar-refractivity contribution >= 4 is 0 Å². The maximum absolute atomic E-state index is 8.69. The molecule has 1 rings (SSSR count). The summed E-state index contributed by atoms with van der Waals surface area (Å²) in [5.74, 6) is 6.37. The molecule has 1 aromatic rings. The topological polar surface area (TPSA) is 20.2 Å². The summed E-state index contributed by atoms with van der Waals surface area (Å²) in [6, 6.07) is 2.21. The zero-order chi connectivity index (χ0) is 12.1. The maximum atomic E-state index is 8.69. The van der Waals surface area contributed by atoms with Gasteiger partial charge in [0.25, 0.3) is 0 Å². The fourth-order valence-corrected chi connectivity index (χ4v) is 1.72. The van der Waals surface area contributed by atoms with Crippen LogP contribution in [0, 0.1) is 39.5 Å². The minimum absolute atomic E-state index is 0.222. The number of rotatable bonds is 2. The Labute approximate surface area is 98.5 Å². The van der Waals surface area contributed by atoms with Crippen LogP contribution in [0.3, 0.4) is 0 Å². The van der Waals surface area contributed by atoms with Gasteiger partial charge in [0.05, 0.1) is 0 Å². The summed E-state index contributed by atoms with van der Waals surface area (Å²) in [5, 5.41) is 8.69. The van der Waals surface area contributed by atoms with E-state index < -0.39 is 0 Å². The number of aliphatic hydroxyl groups is 1. The number of aryl methyl sites for hydroxylation is 2. The third-order valence-electron chi connectivity index (χ3n) is 3.04. The highest BCUT2D eigenvalue weighted by molar-refractivity contribution is 5.52. The van der Waals surface area contributed by atoms with Crippen molar-refractivity contribution in [3.63, 3.8) is 0 Å². The van der Waals surface area contributed by atoms with Crippen molar-refractivity contribution in [1.82, 2.24) is 0 Å². The van der Waals surface area contributed by atoms with Crippen molar-refractivity contribution < 1.29 is 5.11 Å². The molecule has 0 unspecified atom stereocenters. The van der Waals surface area contributed by atoms with Gasteiger partial charge < -0.3 is 5.11 Å². The van der Waals surface area contributed by atoms with Crippen LogP contribution in [-0.2, 0) is 0 Å². The summed E-state index contributed by atoms with van der Waals surface area (Å²) >= 11 is 0. The highest BCUT2D eigenvalue weighted by atomic mass is 16.2. The van der Waals surface area contributed by atoms with E-state index in [0.717, 1.165) is 18.4 Å². The third-order valence-corrected chi connectivity index (χ3v) is 3.04. The first-order valence-electron chi connectivity index (χ1n) is 5.75. The molecule has 0 radical (unpaired) electrons. The lowest BCUT2D eigenvalue weighted by Crippen LogP contribution is -1.95. The van der Waals surface area contributed by atoms with E-state index in [0.29, 0.717) is 0 Å². The highest BCUT2D eigenvalue weighted by Crippen LogP contribution is 2.20. The standard InChI is InChI=1S/C15H20O/c1-11-10-12(2)14(4)15(13(11)3)8-6-5-7-9-16/h10,16H,5,7,9H2,1-4H3. The molecule has 0 saturated carbocycles. The first kappa shape index (κ1) is 12.8. The number of benzene rings is 1. The lowest BCUT2D eigenvalue weighted by atomic mass is 9.94. The average Bonchev–Trinajstić information content (AvgIpc) is 2.25. The van der Waals surface area contributed by atoms with Gasteiger partial charge in [0, 0.05) is 18.6 Å². The van der Waals surface area contributed by atoms with Gasteiger partial charge in [0.15, 0.2) is 0 Å². The van der Waals surface area contributed by atoms with Crippen LogP contribution in [-0.4, -0.2) is 11.7 Å². The molecule has 0 atom stereocenters. The Bertz CT molecular complexity index is 407. The molecule has 0 amide bonds. The number of hydrogen-bond acceptors (Lipinski definition) is 1. The molecule has 0 aliphatic heterocycles. The zero-order valence-electron chi connectivity index (χ0n) is 10.6. The predicted molar refractivity (Wildman–Crippen MR) is 68.6 cm³/mol. The molecule has 0 aliphatic carbocycles. The number of aliphatic hydroxyl groups excluding tert-OH is 1. The van der Waals surface area contributed by atoms with Crippen LogP contribution in [0.5, 0.6) is 0 Å². The van der Waals surface area contributed by atoms with Gasteiger partial charge in [-0.3, -0.25) is 0 Å². The third kappa shape index (κ3) is 2.87. The molecular formula is C15H20O. The van der Waals surface area contributed by atoms with Crippen LogP contribution >= 0.6 is 0 Å². The Hall–Kier alpha value is -1.26. The predicted octanol–water partition coefficient (Wildman–Crippen LogP) is 3.04. The Kier molecular flexibility index (Phi) is 4.58. The lowest BCUT2D eigenvalue weighted by molar-refractivity contribution is 0.290. The van der Waals surface area contributed by atoms with E-state index in [4.69, 9.17) is 5.11 Å². The molecule has 1 heteroatoms.